The standard InChI is InChI=1S/C18H19ClN4O6S4/c19-3-10(11-6-32-18(20)21-11)14(24)22-12-15(25)23-13(17(26)27)8(5-31-16(12)23)4-30-9-1-2-33(28,29)7-9/h3,6,9,12,16H,1-2,4-5,7H2,(H2,20,21)(H,22,24)(H,26,27)/t9?,12-,16+/m1/s1. The van der Waals surface area contributed by atoms with E-state index in [0.717, 1.165) is 16.9 Å². The molecule has 0 aromatic carbocycles. The zero-order valence-electron chi connectivity index (χ0n) is 16.9. The summed E-state index contributed by atoms with van der Waals surface area (Å²) < 4.78 is 23.3. The van der Waals surface area contributed by atoms with Crippen LogP contribution >= 0.6 is 46.5 Å². The number of hydrogen-bond acceptors (Lipinski definition) is 10. The summed E-state index contributed by atoms with van der Waals surface area (Å²) in [7, 11) is -3.03. The number of thiazole rings is 1. The molecule has 178 valence electrons. The minimum Gasteiger partial charge on any atom is -0.477 e. The van der Waals surface area contributed by atoms with Crippen molar-refractivity contribution >= 4 is 84.8 Å². The number of fused-ring (bicyclic) bond motifs is 1. The molecule has 1 unspecified atom stereocenters. The Kier molecular flexibility index (Phi) is 7.01. The summed E-state index contributed by atoms with van der Waals surface area (Å²) in [6, 6.07) is -0.909. The highest BCUT2D eigenvalue weighted by molar-refractivity contribution is 8.02. The third-order valence-corrected chi connectivity index (χ3v) is 11.0. The number of nitrogens with two attached hydrogens (primary N) is 1. The molecule has 2 amide bonds. The topological polar surface area (TPSA) is 160 Å². The second-order valence-electron chi connectivity index (χ2n) is 7.55. The van der Waals surface area contributed by atoms with Gasteiger partial charge in [-0.2, -0.15) is 11.8 Å². The first-order valence-electron chi connectivity index (χ1n) is 9.66. The van der Waals surface area contributed by atoms with Crippen molar-refractivity contribution in [1.29, 1.82) is 0 Å². The van der Waals surface area contributed by atoms with Gasteiger partial charge in [-0.15, -0.1) is 23.1 Å². The third-order valence-electron chi connectivity index (χ3n) is 5.37. The van der Waals surface area contributed by atoms with Crippen LogP contribution in [0.15, 0.2) is 22.2 Å². The predicted octanol–water partition coefficient (Wildman–Crippen LogP) is 0.964. The average Bonchev–Trinajstić information content (AvgIpc) is 3.34. The first-order chi connectivity index (χ1) is 15.6. The van der Waals surface area contributed by atoms with Gasteiger partial charge in [0.1, 0.15) is 17.1 Å². The van der Waals surface area contributed by atoms with E-state index < -0.39 is 39.0 Å². The molecule has 2 saturated heterocycles. The maximum atomic E-state index is 12.8. The van der Waals surface area contributed by atoms with Crippen molar-refractivity contribution in [2.45, 2.75) is 23.1 Å². The van der Waals surface area contributed by atoms with Crippen molar-refractivity contribution in [1.82, 2.24) is 15.2 Å². The molecule has 10 nitrogen and oxygen atoms in total. The van der Waals surface area contributed by atoms with E-state index in [1.165, 1.54) is 28.4 Å². The Morgan fingerprint density at radius 3 is 2.79 bits per heavy atom. The van der Waals surface area contributed by atoms with Crippen LogP contribution in [-0.2, 0) is 24.2 Å². The minimum absolute atomic E-state index is 0.0503. The van der Waals surface area contributed by atoms with Gasteiger partial charge in [-0.3, -0.25) is 14.5 Å². The van der Waals surface area contributed by atoms with Crippen LogP contribution in [0.4, 0.5) is 5.13 Å². The maximum Gasteiger partial charge on any atom is 0.352 e. The molecule has 2 fully saturated rings. The predicted molar refractivity (Wildman–Crippen MR) is 130 cm³/mol. The lowest BCUT2D eigenvalue weighted by molar-refractivity contribution is -0.150. The smallest absolute Gasteiger partial charge is 0.352 e. The first kappa shape index (κ1) is 24.4. The van der Waals surface area contributed by atoms with E-state index in [0.29, 0.717) is 23.5 Å². The Bertz CT molecular complexity index is 1180. The number of sulfone groups is 1. The highest BCUT2D eigenvalue weighted by Crippen LogP contribution is 2.42. The van der Waals surface area contributed by atoms with Gasteiger partial charge in [0.15, 0.2) is 15.0 Å². The van der Waals surface area contributed by atoms with Crippen LogP contribution in [0, 0.1) is 0 Å². The molecule has 0 radical (unpaired) electrons. The number of carboxylic acid groups (broad SMARTS) is 1. The van der Waals surface area contributed by atoms with Crippen LogP contribution in [0.2, 0.25) is 0 Å². The molecule has 33 heavy (non-hydrogen) atoms. The number of nitrogens with zero attached hydrogens (tertiary/aromatic N) is 2. The van der Waals surface area contributed by atoms with Crippen LogP contribution in [0.5, 0.6) is 0 Å². The Balaban J connectivity index is 1.45. The van der Waals surface area contributed by atoms with E-state index in [9.17, 15) is 27.9 Å². The molecule has 1 aromatic rings. The fraction of sp³-hybridized carbons (Fsp3) is 0.444. The molecule has 0 aliphatic carbocycles. The van der Waals surface area contributed by atoms with Crippen LogP contribution in [0.3, 0.4) is 0 Å². The summed E-state index contributed by atoms with van der Waals surface area (Å²) in [5.74, 6) is -1.46. The number of halogens is 1. The molecule has 0 saturated carbocycles. The summed E-state index contributed by atoms with van der Waals surface area (Å²) in [6.45, 7) is 0. The van der Waals surface area contributed by atoms with E-state index in [-0.39, 0.29) is 38.9 Å². The molecule has 4 rings (SSSR count). The molecular weight excluding hydrogens is 532 g/mol. The van der Waals surface area contributed by atoms with Crippen LogP contribution < -0.4 is 11.1 Å². The average molecular weight is 551 g/mol. The van der Waals surface area contributed by atoms with E-state index >= 15 is 0 Å². The number of carboxylic acids is 1. The summed E-state index contributed by atoms with van der Waals surface area (Å²) in [4.78, 5) is 42.7. The molecule has 0 spiro atoms. The lowest BCUT2D eigenvalue weighted by Crippen LogP contribution is -2.70. The number of hydrogen-bond donors (Lipinski definition) is 3. The molecule has 1 aromatic heterocycles. The van der Waals surface area contributed by atoms with E-state index in [1.807, 2.05) is 0 Å². The van der Waals surface area contributed by atoms with E-state index in [2.05, 4.69) is 10.3 Å². The quantitative estimate of drug-likeness (QED) is 0.329. The number of aromatic nitrogens is 1. The molecule has 4 heterocycles. The Morgan fingerprint density at radius 2 is 2.21 bits per heavy atom. The van der Waals surface area contributed by atoms with Gasteiger partial charge in [0, 0.05) is 27.7 Å². The lowest BCUT2D eigenvalue weighted by atomic mass is 10.0. The summed E-state index contributed by atoms with van der Waals surface area (Å²) >= 11 is 9.68. The van der Waals surface area contributed by atoms with E-state index in [4.69, 9.17) is 17.3 Å². The SMILES string of the molecule is Nc1nc(C(=CCl)C(=O)N[C@@H]2C(=O)N3C(C(=O)O)=C(CSC4CCS(=O)(=O)C4)CS[C@@H]23)cs1. The third kappa shape index (κ3) is 4.90. The Labute approximate surface area is 206 Å². The van der Waals surface area contributed by atoms with Gasteiger partial charge in [0.05, 0.1) is 22.8 Å². The lowest BCUT2D eigenvalue weighted by Gasteiger charge is -2.49. The summed E-state index contributed by atoms with van der Waals surface area (Å²) in [6.07, 6.45) is 0.538. The zero-order chi connectivity index (χ0) is 23.9. The molecule has 4 N–H and O–H groups in total. The Morgan fingerprint density at radius 1 is 1.45 bits per heavy atom. The van der Waals surface area contributed by atoms with Gasteiger partial charge >= 0.3 is 5.97 Å². The number of amides is 2. The minimum atomic E-state index is -3.03. The summed E-state index contributed by atoms with van der Waals surface area (Å²) in [5, 5.41) is 13.6. The number of nitrogens with one attached hydrogen (secondary N) is 1. The second kappa shape index (κ2) is 9.49. The number of β-lactam (4-membered cyclic amide) rings is 1. The van der Waals surface area contributed by atoms with Gasteiger partial charge in [0.25, 0.3) is 11.8 Å². The fourth-order valence-electron chi connectivity index (χ4n) is 3.76. The van der Waals surface area contributed by atoms with Crippen LogP contribution in [0.25, 0.3) is 5.57 Å². The van der Waals surface area contributed by atoms with Crippen molar-refractivity contribution in [2.75, 3.05) is 28.7 Å². The number of rotatable bonds is 7. The van der Waals surface area contributed by atoms with Gasteiger partial charge in [-0.25, -0.2) is 18.2 Å². The van der Waals surface area contributed by atoms with Gasteiger partial charge in [0.2, 0.25) is 0 Å². The van der Waals surface area contributed by atoms with Crippen molar-refractivity contribution in [3.8, 4) is 0 Å². The fourth-order valence-corrected chi connectivity index (χ4v) is 9.67. The number of anilines is 1. The van der Waals surface area contributed by atoms with Crippen LogP contribution in [-0.4, -0.2) is 80.9 Å². The highest BCUT2D eigenvalue weighted by Gasteiger charge is 2.54. The largest absolute Gasteiger partial charge is 0.477 e. The first-order valence-corrected chi connectivity index (χ1v) is 14.9. The van der Waals surface area contributed by atoms with Crippen molar-refractivity contribution in [3.63, 3.8) is 0 Å². The molecule has 3 aliphatic rings. The molecule has 3 atom stereocenters. The molecule has 3 aliphatic heterocycles. The van der Waals surface area contributed by atoms with Gasteiger partial charge in [-0.05, 0) is 12.0 Å². The highest BCUT2D eigenvalue weighted by atomic mass is 35.5. The number of thioether (sulfide) groups is 2. The van der Waals surface area contributed by atoms with Gasteiger partial charge in [-0.1, -0.05) is 11.6 Å². The van der Waals surface area contributed by atoms with Crippen molar-refractivity contribution in [3.05, 3.63) is 27.9 Å². The second-order valence-corrected chi connectivity index (χ2v) is 13.3. The molecule has 0 bridgehead atoms. The number of nitrogen functional groups attached to an aromatic ring is 1. The monoisotopic (exact) mass is 550 g/mol. The number of aliphatic carboxylic acids is 1. The maximum absolute atomic E-state index is 12.8. The number of carbonyl (C=O) groups excluding carboxylic acids is 2. The zero-order valence-corrected chi connectivity index (χ0v) is 20.9. The molecular formula is C18H19ClN4O6S4. The van der Waals surface area contributed by atoms with E-state index in [1.54, 1.807) is 5.38 Å². The van der Waals surface area contributed by atoms with Gasteiger partial charge < -0.3 is 16.2 Å². The van der Waals surface area contributed by atoms with Crippen LogP contribution in [0.1, 0.15) is 12.1 Å². The molecule has 15 heteroatoms. The summed E-state index contributed by atoms with van der Waals surface area (Å²) in [5.41, 5.74) is 7.46. The van der Waals surface area contributed by atoms with Crippen molar-refractivity contribution in [2.24, 2.45) is 0 Å². The Hall–Kier alpha value is -1.74. The normalized spacial score (nSPS) is 26.7. The van der Waals surface area contributed by atoms with Crippen molar-refractivity contribution < 1.29 is 27.9 Å². The number of carbonyl (C=O) groups is 3.